The number of halogens is 5. The van der Waals surface area contributed by atoms with E-state index in [4.69, 9.17) is 10.9 Å². The number of aromatic hydroxyl groups is 1. The second-order valence-corrected chi connectivity index (χ2v) is 6.13. The SMILES string of the molecule is NC(=NO)c1cc(-c2cc(OC(F)(F)F)ccc2-c2cc(F)cc(F)c2)ccc1O. The Bertz CT molecular complexity index is 1110. The van der Waals surface area contributed by atoms with E-state index < -0.39 is 29.6 Å². The second-order valence-electron chi connectivity index (χ2n) is 6.13. The highest BCUT2D eigenvalue weighted by Crippen LogP contribution is 2.38. The van der Waals surface area contributed by atoms with Crippen LogP contribution in [0.5, 0.6) is 11.5 Å². The topological polar surface area (TPSA) is 88.1 Å². The number of hydrogen-bond acceptors (Lipinski definition) is 4. The van der Waals surface area contributed by atoms with Crippen LogP contribution in [0.2, 0.25) is 0 Å². The third-order valence-electron chi connectivity index (χ3n) is 4.09. The second kappa shape index (κ2) is 7.90. The van der Waals surface area contributed by atoms with Crippen molar-refractivity contribution in [2.24, 2.45) is 10.9 Å². The summed E-state index contributed by atoms with van der Waals surface area (Å²) in [5.74, 6) is -3.13. The molecule has 0 aliphatic carbocycles. The van der Waals surface area contributed by atoms with E-state index in [1.165, 1.54) is 24.3 Å². The fourth-order valence-corrected chi connectivity index (χ4v) is 2.88. The lowest BCUT2D eigenvalue weighted by molar-refractivity contribution is -0.274. The average Bonchev–Trinajstić information content (AvgIpc) is 2.65. The normalized spacial score (nSPS) is 12.1. The maximum Gasteiger partial charge on any atom is 0.573 e. The van der Waals surface area contributed by atoms with Crippen LogP contribution >= 0.6 is 0 Å². The molecule has 0 fully saturated rings. The molecule has 0 radical (unpaired) electrons. The summed E-state index contributed by atoms with van der Waals surface area (Å²) in [6, 6.07) is 9.67. The molecule has 0 amide bonds. The van der Waals surface area contributed by atoms with E-state index in [2.05, 4.69) is 9.89 Å². The van der Waals surface area contributed by atoms with Gasteiger partial charge in [0.25, 0.3) is 0 Å². The molecule has 30 heavy (non-hydrogen) atoms. The van der Waals surface area contributed by atoms with Gasteiger partial charge in [-0.25, -0.2) is 8.78 Å². The largest absolute Gasteiger partial charge is 0.573 e. The molecule has 0 heterocycles. The standard InChI is InChI=1S/C20H13F5N2O3/c21-12-5-11(6-13(22)8-12)15-3-2-14(30-20(23,24)25)9-16(15)10-1-4-18(28)17(7-10)19(26)27-29/h1-9,28-29H,(H2,26,27). The van der Waals surface area contributed by atoms with Crippen LogP contribution in [0, 0.1) is 11.6 Å². The lowest BCUT2D eigenvalue weighted by Crippen LogP contribution is -2.17. The maximum atomic E-state index is 13.7. The van der Waals surface area contributed by atoms with E-state index in [0.29, 0.717) is 6.07 Å². The smallest absolute Gasteiger partial charge is 0.507 e. The molecule has 0 atom stereocenters. The number of benzene rings is 3. The number of nitrogens with zero attached hydrogens (tertiary/aromatic N) is 1. The van der Waals surface area contributed by atoms with Crippen molar-refractivity contribution in [3.05, 3.63) is 71.8 Å². The molecular weight excluding hydrogens is 411 g/mol. The Morgan fingerprint density at radius 3 is 2.13 bits per heavy atom. The molecule has 3 aromatic carbocycles. The number of alkyl halides is 3. The van der Waals surface area contributed by atoms with Gasteiger partial charge in [-0.1, -0.05) is 17.3 Å². The van der Waals surface area contributed by atoms with E-state index >= 15 is 0 Å². The number of phenolic OH excluding ortho intramolecular Hbond substituents is 1. The quantitative estimate of drug-likeness (QED) is 0.181. The summed E-state index contributed by atoms with van der Waals surface area (Å²) in [4.78, 5) is 0. The summed E-state index contributed by atoms with van der Waals surface area (Å²) in [5.41, 5.74) is 5.94. The van der Waals surface area contributed by atoms with Crippen LogP contribution in [0.4, 0.5) is 22.0 Å². The van der Waals surface area contributed by atoms with E-state index in [1.807, 2.05) is 0 Å². The summed E-state index contributed by atoms with van der Waals surface area (Å²) >= 11 is 0. The van der Waals surface area contributed by atoms with Crippen LogP contribution in [0.15, 0.2) is 59.8 Å². The number of rotatable bonds is 4. The Balaban J connectivity index is 2.25. The van der Waals surface area contributed by atoms with Gasteiger partial charge in [0.1, 0.15) is 23.1 Å². The number of amidine groups is 1. The Morgan fingerprint density at radius 1 is 0.867 bits per heavy atom. The summed E-state index contributed by atoms with van der Waals surface area (Å²) in [5, 5.41) is 21.6. The van der Waals surface area contributed by atoms with Gasteiger partial charge in [-0.3, -0.25) is 0 Å². The molecule has 0 aromatic heterocycles. The van der Waals surface area contributed by atoms with E-state index in [0.717, 1.165) is 24.3 Å². The van der Waals surface area contributed by atoms with Crippen LogP contribution in [-0.4, -0.2) is 22.5 Å². The monoisotopic (exact) mass is 424 g/mol. The number of phenols is 1. The first-order chi connectivity index (χ1) is 14.1. The molecule has 0 unspecified atom stereocenters. The van der Waals surface area contributed by atoms with Gasteiger partial charge >= 0.3 is 6.36 Å². The Labute approximate surface area is 166 Å². The molecule has 10 heteroatoms. The molecule has 3 aromatic rings. The third-order valence-corrected chi connectivity index (χ3v) is 4.09. The van der Waals surface area contributed by atoms with Crippen molar-refractivity contribution in [1.29, 1.82) is 0 Å². The Hall–Kier alpha value is -3.82. The number of ether oxygens (including phenoxy) is 1. The van der Waals surface area contributed by atoms with E-state index in [9.17, 15) is 27.1 Å². The minimum absolute atomic E-state index is 0.0551. The van der Waals surface area contributed by atoms with Gasteiger partial charge in [-0.2, -0.15) is 0 Å². The lowest BCUT2D eigenvalue weighted by Gasteiger charge is -2.15. The number of nitrogens with two attached hydrogens (primary N) is 1. The number of oxime groups is 1. The van der Waals surface area contributed by atoms with E-state index in [-0.39, 0.29) is 33.6 Å². The van der Waals surface area contributed by atoms with Gasteiger partial charge in [0.05, 0.1) is 5.56 Å². The van der Waals surface area contributed by atoms with Gasteiger partial charge in [-0.05, 0) is 58.7 Å². The molecule has 156 valence electrons. The highest BCUT2D eigenvalue weighted by Gasteiger charge is 2.31. The zero-order valence-corrected chi connectivity index (χ0v) is 14.9. The van der Waals surface area contributed by atoms with Crippen LogP contribution in [0.3, 0.4) is 0 Å². The number of hydrogen-bond donors (Lipinski definition) is 3. The summed E-state index contributed by atoms with van der Waals surface area (Å²) in [6.45, 7) is 0. The molecule has 0 aliphatic heterocycles. The molecule has 5 nitrogen and oxygen atoms in total. The van der Waals surface area contributed by atoms with Gasteiger partial charge in [0.15, 0.2) is 5.84 Å². The van der Waals surface area contributed by atoms with Gasteiger partial charge in [0, 0.05) is 6.07 Å². The summed E-state index contributed by atoms with van der Waals surface area (Å²) in [7, 11) is 0. The van der Waals surface area contributed by atoms with Crippen LogP contribution in [-0.2, 0) is 0 Å². The van der Waals surface area contributed by atoms with Crippen LogP contribution in [0.25, 0.3) is 22.3 Å². The molecule has 0 aliphatic rings. The van der Waals surface area contributed by atoms with Crippen molar-refractivity contribution in [3.63, 3.8) is 0 Å². The van der Waals surface area contributed by atoms with Crippen molar-refractivity contribution in [3.8, 4) is 33.8 Å². The fourth-order valence-electron chi connectivity index (χ4n) is 2.88. The zero-order valence-electron chi connectivity index (χ0n) is 14.9. The summed E-state index contributed by atoms with van der Waals surface area (Å²) < 4.78 is 69.3. The van der Waals surface area contributed by atoms with Crippen LogP contribution in [0.1, 0.15) is 5.56 Å². The molecule has 0 saturated carbocycles. The molecule has 0 bridgehead atoms. The van der Waals surface area contributed by atoms with E-state index in [1.54, 1.807) is 0 Å². The Kier molecular flexibility index (Phi) is 5.50. The maximum absolute atomic E-state index is 13.7. The first kappa shape index (κ1) is 20.9. The predicted octanol–water partition coefficient (Wildman–Crippen LogP) is 5.00. The Morgan fingerprint density at radius 2 is 1.53 bits per heavy atom. The average molecular weight is 424 g/mol. The molecule has 3 rings (SSSR count). The zero-order chi connectivity index (χ0) is 22.1. The minimum Gasteiger partial charge on any atom is -0.507 e. The first-order valence-electron chi connectivity index (χ1n) is 8.25. The highest BCUT2D eigenvalue weighted by atomic mass is 19.4. The van der Waals surface area contributed by atoms with Gasteiger partial charge < -0.3 is 20.8 Å². The van der Waals surface area contributed by atoms with Crippen molar-refractivity contribution < 1.29 is 37.0 Å². The highest BCUT2D eigenvalue weighted by molar-refractivity contribution is 6.01. The fraction of sp³-hybridized carbons (Fsp3) is 0.0500. The van der Waals surface area contributed by atoms with Gasteiger partial charge in [-0.15, -0.1) is 13.2 Å². The van der Waals surface area contributed by atoms with Crippen LogP contribution < -0.4 is 10.5 Å². The molecule has 0 spiro atoms. The predicted molar refractivity (Wildman–Crippen MR) is 98.1 cm³/mol. The lowest BCUT2D eigenvalue weighted by atomic mass is 9.93. The molecule has 4 N–H and O–H groups in total. The van der Waals surface area contributed by atoms with Crippen molar-refractivity contribution in [2.45, 2.75) is 6.36 Å². The van der Waals surface area contributed by atoms with Gasteiger partial charge in [0.2, 0.25) is 0 Å². The first-order valence-corrected chi connectivity index (χ1v) is 8.25. The minimum atomic E-state index is -4.96. The summed E-state index contributed by atoms with van der Waals surface area (Å²) in [6.07, 6.45) is -4.96. The van der Waals surface area contributed by atoms with Crippen molar-refractivity contribution in [2.75, 3.05) is 0 Å². The third kappa shape index (κ3) is 4.59. The van der Waals surface area contributed by atoms with Crippen molar-refractivity contribution in [1.82, 2.24) is 0 Å². The molecular formula is C20H13F5N2O3. The molecule has 0 saturated heterocycles. The van der Waals surface area contributed by atoms with Crippen molar-refractivity contribution >= 4 is 5.84 Å².